The molecule has 2 heterocycles. The van der Waals surface area contributed by atoms with Crippen LogP contribution in [-0.4, -0.2) is 78.3 Å². The average Bonchev–Trinajstić information content (AvgIpc) is 3.17. The van der Waals surface area contributed by atoms with Gasteiger partial charge in [-0.3, -0.25) is 9.79 Å². The van der Waals surface area contributed by atoms with Gasteiger partial charge in [0.15, 0.2) is 0 Å². The maximum atomic E-state index is 13.1. The first-order valence-electron chi connectivity index (χ1n) is 11.9. The summed E-state index contributed by atoms with van der Waals surface area (Å²) in [6.07, 6.45) is 0.165. The number of rotatable bonds is 9. The van der Waals surface area contributed by atoms with Crippen molar-refractivity contribution in [1.29, 1.82) is 0 Å². The molecular weight excluding hydrogens is 504 g/mol. The molecule has 4 rings (SSSR count). The lowest BCUT2D eigenvalue weighted by Gasteiger charge is -2.34. The number of amides is 1. The number of nitrogens with one attached hydrogen (secondary N) is 2. The van der Waals surface area contributed by atoms with Crippen LogP contribution in [0, 0.1) is 6.92 Å². The van der Waals surface area contributed by atoms with E-state index in [2.05, 4.69) is 15.6 Å². The third kappa shape index (κ3) is 5.90. The summed E-state index contributed by atoms with van der Waals surface area (Å²) in [5.41, 5.74) is 2.43. The molecule has 2 aliphatic rings. The summed E-state index contributed by atoms with van der Waals surface area (Å²) in [5.74, 6) is 0.239. The van der Waals surface area contributed by atoms with Gasteiger partial charge in [-0.05, 0) is 61.6 Å². The van der Waals surface area contributed by atoms with Crippen molar-refractivity contribution < 1.29 is 23.4 Å². The van der Waals surface area contributed by atoms with E-state index in [-0.39, 0.29) is 37.9 Å². The van der Waals surface area contributed by atoms with Crippen LogP contribution in [-0.2, 0) is 21.2 Å². The molecule has 1 unspecified atom stereocenters. The highest BCUT2D eigenvalue weighted by Crippen LogP contribution is 2.32. The summed E-state index contributed by atoms with van der Waals surface area (Å²) in [5, 5.41) is 24.8. The zero-order valence-corrected chi connectivity index (χ0v) is 21.6. The second-order valence-electron chi connectivity index (χ2n) is 9.28. The van der Waals surface area contributed by atoms with Crippen LogP contribution in [0.25, 0.3) is 0 Å². The highest BCUT2D eigenvalue weighted by atomic mass is 35.5. The molecule has 0 aromatic heterocycles. The van der Waals surface area contributed by atoms with Crippen molar-refractivity contribution in [2.24, 2.45) is 4.99 Å². The second-order valence-corrected chi connectivity index (χ2v) is 11.8. The van der Waals surface area contributed by atoms with E-state index in [9.17, 15) is 18.3 Å². The molecule has 11 heteroatoms. The number of hydrogen-bond acceptors (Lipinski definition) is 7. The number of aliphatic hydroxyl groups excluding tert-OH is 2. The Balaban J connectivity index is 1.35. The number of carbonyl (C=O) groups is 1. The Morgan fingerprint density at radius 3 is 2.64 bits per heavy atom. The van der Waals surface area contributed by atoms with Crippen molar-refractivity contribution in [1.82, 2.24) is 9.62 Å². The van der Waals surface area contributed by atoms with Crippen molar-refractivity contribution in [3.05, 3.63) is 64.2 Å². The fourth-order valence-corrected chi connectivity index (χ4v) is 6.18. The lowest BCUT2D eigenvalue weighted by molar-refractivity contribution is -0.124. The lowest BCUT2D eigenvalue weighted by atomic mass is 9.89. The van der Waals surface area contributed by atoms with Gasteiger partial charge in [0.2, 0.25) is 10.0 Å². The Morgan fingerprint density at radius 1 is 1.22 bits per heavy atom. The van der Waals surface area contributed by atoms with E-state index in [0.717, 1.165) is 22.4 Å². The molecule has 0 saturated carbocycles. The average molecular weight is 535 g/mol. The number of halogens is 1. The summed E-state index contributed by atoms with van der Waals surface area (Å²) >= 11 is 6.07. The number of aliphatic hydroxyl groups is 2. The van der Waals surface area contributed by atoms with E-state index in [4.69, 9.17) is 16.7 Å². The predicted octanol–water partition coefficient (Wildman–Crippen LogP) is 1.70. The van der Waals surface area contributed by atoms with Gasteiger partial charge < -0.3 is 20.8 Å². The van der Waals surface area contributed by atoms with Gasteiger partial charge in [-0.25, -0.2) is 12.7 Å². The van der Waals surface area contributed by atoms with Gasteiger partial charge in [0.1, 0.15) is 11.4 Å². The highest BCUT2D eigenvalue weighted by Gasteiger charge is 2.47. The zero-order valence-electron chi connectivity index (χ0n) is 20.1. The maximum absolute atomic E-state index is 13.1. The Kier molecular flexibility index (Phi) is 8.01. The highest BCUT2D eigenvalue weighted by molar-refractivity contribution is 7.89. The predicted molar refractivity (Wildman–Crippen MR) is 140 cm³/mol. The molecule has 2 aliphatic heterocycles. The van der Waals surface area contributed by atoms with Gasteiger partial charge >= 0.3 is 0 Å². The maximum Gasteiger partial charge on any atom is 0.253 e. The summed E-state index contributed by atoms with van der Waals surface area (Å²) in [6.45, 7) is 2.28. The molecular formula is C25H31ClN4O5S. The van der Waals surface area contributed by atoms with E-state index in [1.807, 2.05) is 31.2 Å². The van der Waals surface area contributed by atoms with E-state index in [0.29, 0.717) is 30.1 Å². The normalized spacial score (nSPS) is 18.7. The third-order valence-electron chi connectivity index (χ3n) is 6.75. The largest absolute Gasteiger partial charge is 0.394 e. The molecule has 36 heavy (non-hydrogen) atoms. The first-order chi connectivity index (χ1) is 17.1. The Hall–Kier alpha value is -2.50. The topological polar surface area (TPSA) is 131 Å². The van der Waals surface area contributed by atoms with Gasteiger partial charge in [0, 0.05) is 35.9 Å². The van der Waals surface area contributed by atoms with Crippen LogP contribution in [0.2, 0.25) is 5.02 Å². The van der Waals surface area contributed by atoms with Crippen LogP contribution >= 0.6 is 11.6 Å². The smallest absolute Gasteiger partial charge is 0.253 e. The first kappa shape index (κ1) is 26.6. The number of aliphatic imine (C=N–C) groups is 1. The van der Waals surface area contributed by atoms with Crippen LogP contribution < -0.4 is 10.6 Å². The van der Waals surface area contributed by atoms with E-state index < -0.39 is 21.7 Å². The minimum absolute atomic E-state index is 0.0277. The number of piperidine rings is 1. The number of amidine groups is 1. The first-order valence-corrected chi connectivity index (χ1v) is 13.9. The summed E-state index contributed by atoms with van der Waals surface area (Å²) in [4.78, 5) is 17.5. The molecule has 1 atom stereocenters. The van der Waals surface area contributed by atoms with Crippen LogP contribution in [0.4, 0.5) is 5.69 Å². The van der Waals surface area contributed by atoms with Crippen molar-refractivity contribution in [2.45, 2.75) is 37.8 Å². The molecule has 2 aromatic rings. The molecule has 9 nitrogen and oxygen atoms in total. The number of hydrogen-bond donors (Lipinski definition) is 4. The molecule has 0 aliphatic carbocycles. The molecule has 0 radical (unpaired) electrons. The van der Waals surface area contributed by atoms with Crippen molar-refractivity contribution in [3.8, 4) is 0 Å². The molecule has 2 aromatic carbocycles. The number of anilines is 1. The van der Waals surface area contributed by atoms with Gasteiger partial charge in [-0.2, -0.15) is 0 Å². The van der Waals surface area contributed by atoms with E-state index in [1.54, 1.807) is 18.2 Å². The van der Waals surface area contributed by atoms with Gasteiger partial charge in [0.05, 0.1) is 18.5 Å². The standard InChI is InChI=1S/C25H31ClN4O5S/c1-17-13-21(27-15-22(32)16-31)6-5-18(17)7-12-36(34,35)30-10-8-25(9-11-30)24(33)28-23(29-25)19-3-2-4-20(26)14-19/h2-6,13-14,22,27,31-32H,7-12,15-16H2,1H3,(H,28,29,33). The minimum atomic E-state index is -3.51. The Bertz CT molecular complexity index is 1260. The minimum Gasteiger partial charge on any atom is -0.394 e. The number of aryl methyl sites for hydroxylation is 2. The molecule has 1 amide bonds. The van der Waals surface area contributed by atoms with Gasteiger partial charge in [-0.1, -0.05) is 29.8 Å². The lowest BCUT2D eigenvalue weighted by Crippen LogP contribution is -2.50. The van der Waals surface area contributed by atoms with Gasteiger partial charge in [-0.15, -0.1) is 0 Å². The fraction of sp³-hybridized carbons (Fsp3) is 0.440. The van der Waals surface area contributed by atoms with E-state index >= 15 is 0 Å². The number of nitrogens with zero attached hydrogens (tertiary/aromatic N) is 2. The second kappa shape index (κ2) is 10.9. The molecule has 1 saturated heterocycles. The van der Waals surface area contributed by atoms with Crippen LogP contribution in [0.1, 0.15) is 29.5 Å². The molecule has 0 bridgehead atoms. The summed E-state index contributed by atoms with van der Waals surface area (Å²) in [7, 11) is -3.51. The zero-order chi connectivity index (χ0) is 25.9. The number of carbonyl (C=O) groups excluding carboxylic acids is 1. The summed E-state index contributed by atoms with van der Waals surface area (Å²) in [6, 6.07) is 12.7. The summed E-state index contributed by atoms with van der Waals surface area (Å²) < 4.78 is 27.6. The van der Waals surface area contributed by atoms with Crippen molar-refractivity contribution >= 4 is 39.1 Å². The SMILES string of the molecule is Cc1cc(NCC(O)CO)ccc1CCS(=O)(=O)N1CCC2(CC1)N=C(c1cccc(Cl)c1)NC2=O. The Labute approximate surface area is 216 Å². The van der Waals surface area contributed by atoms with Crippen molar-refractivity contribution in [3.63, 3.8) is 0 Å². The number of sulfonamides is 1. The van der Waals surface area contributed by atoms with Crippen LogP contribution in [0.3, 0.4) is 0 Å². The van der Waals surface area contributed by atoms with Gasteiger partial charge in [0.25, 0.3) is 5.91 Å². The molecule has 1 spiro atoms. The monoisotopic (exact) mass is 534 g/mol. The Morgan fingerprint density at radius 2 is 1.97 bits per heavy atom. The van der Waals surface area contributed by atoms with Crippen LogP contribution in [0.5, 0.6) is 0 Å². The fourth-order valence-electron chi connectivity index (χ4n) is 4.52. The van der Waals surface area contributed by atoms with Crippen molar-refractivity contribution in [2.75, 3.05) is 37.3 Å². The molecule has 4 N–H and O–H groups in total. The molecule has 1 fully saturated rings. The van der Waals surface area contributed by atoms with Crippen LogP contribution in [0.15, 0.2) is 47.5 Å². The molecule has 194 valence electrons. The third-order valence-corrected chi connectivity index (χ3v) is 8.85. The number of benzene rings is 2. The van der Waals surface area contributed by atoms with E-state index in [1.165, 1.54) is 4.31 Å². The quantitative estimate of drug-likeness (QED) is 0.387.